The summed E-state index contributed by atoms with van der Waals surface area (Å²) in [6.45, 7) is 2.31. The van der Waals surface area contributed by atoms with Crippen LogP contribution in [0.2, 0.25) is 0 Å². The van der Waals surface area contributed by atoms with E-state index in [9.17, 15) is 0 Å². The molecule has 4 heteroatoms. The first-order valence-electron chi connectivity index (χ1n) is 4.83. The van der Waals surface area contributed by atoms with Crippen LogP contribution in [0.5, 0.6) is 0 Å². The van der Waals surface area contributed by atoms with Gasteiger partial charge in [0.25, 0.3) is 0 Å². The van der Waals surface area contributed by atoms with E-state index in [0.29, 0.717) is 11.5 Å². The summed E-state index contributed by atoms with van der Waals surface area (Å²) in [5, 5.41) is 2.12. The van der Waals surface area contributed by atoms with Crippen molar-refractivity contribution in [1.82, 2.24) is 5.43 Å². The van der Waals surface area contributed by atoms with Gasteiger partial charge in [-0.15, -0.1) is 11.3 Å². The minimum absolute atomic E-state index is 0.424. The van der Waals surface area contributed by atoms with Gasteiger partial charge in [0.05, 0.1) is 0 Å². The Morgan fingerprint density at radius 1 is 1.71 bits per heavy atom. The zero-order valence-electron chi connectivity index (χ0n) is 8.22. The van der Waals surface area contributed by atoms with Crippen molar-refractivity contribution in [3.8, 4) is 0 Å². The predicted octanol–water partition coefficient (Wildman–Crippen LogP) is 2.69. The summed E-state index contributed by atoms with van der Waals surface area (Å²) < 4.78 is 1.18. The molecular formula is C10H15BrN2S. The number of nitrogens with two attached hydrogens (primary N) is 1. The fourth-order valence-corrected chi connectivity index (χ4v) is 3.21. The average Bonchev–Trinajstić information content (AvgIpc) is 2.76. The molecule has 0 radical (unpaired) electrons. The molecular weight excluding hydrogens is 260 g/mol. The second-order valence-corrected chi connectivity index (χ2v) is 6.22. The van der Waals surface area contributed by atoms with Gasteiger partial charge in [0.2, 0.25) is 0 Å². The second-order valence-electron chi connectivity index (χ2n) is 4.31. The van der Waals surface area contributed by atoms with Crippen LogP contribution in [0.3, 0.4) is 0 Å². The van der Waals surface area contributed by atoms with E-state index < -0.39 is 0 Å². The molecule has 0 amide bonds. The molecule has 0 spiro atoms. The predicted molar refractivity (Wildman–Crippen MR) is 64.2 cm³/mol. The highest BCUT2D eigenvalue weighted by Gasteiger charge is 2.44. The van der Waals surface area contributed by atoms with Crippen LogP contribution in [0, 0.1) is 5.41 Å². The average molecular weight is 275 g/mol. The van der Waals surface area contributed by atoms with Crippen LogP contribution in [0.25, 0.3) is 0 Å². The van der Waals surface area contributed by atoms with Gasteiger partial charge < -0.3 is 0 Å². The number of halogens is 1. The fraction of sp³-hybridized carbons (Fsp3) is 0.600. The summed E-state index contributed by atoms with van der Waals surface area (Å²) >= 11 is 5.26. The Hall–Kier alpha value is 0.1000. The molecule has 2 nitrogen and oxygen atoms in total. The second kappa shape index (κ2) is 3.93. The molecule has 0 aliphatic heterocycles. The van der Waals surface area contributed by atoms with E-state index in [4.69, 9.17) is 5.84 Å². The Labute approximate surface area is 97.0 Å². The molecule has 1 atom stereocenters. The Bertz CT molecular complexity index is 320. The van der Waals surface area contributed by atoms with Crippen LogP contribution in [-0.2, 0) is 6.42 Å². The Morgan fingerprint density at radius 2 is 2.43 bits per heavy atom. The Balaban J connectivity index is 2.01. The van der Waals surface area contributed by atoms with Gasteiger partial charge >= 0.3 is 0 Å². The van der Waals surface area contributed by atoms with Crippen molar-refractivity contribution in [3.63, 3.8) is 0 Å². The van der Waals surface area contributed by atoms with E-state index in [1.807, 2.05) is 0 Å². The van der Waals surface area contributed by atoms with Crippen molar-refractivity contribution >= 4 is 27.3 Å². The number of hydrazine groups is 1. The van der Waals surface area contributed by atoms with Crippen LogP contribution in [0.15, 0.2) is 15.9 Å². The number of thiophene rings is 1. The first-order chi connectivity index (χ1) is 6.64. The van der Waals surface area contributed by atoms with Crippen molar-refractivity contribution in [3.05, 3.63) is 20.8 Å². The van der Waals surface area contributed by atoms with Crippen molar-refractivity contribution in [2.24, 2.45) is 11.3 Å². The maximum Gasteiger partial charge on any atom is 0.0312 e. The van der Waals surface area contributed by atoms with E-state index >= 15 is 0 Å². The molecule has 0 aromatic carbocycles. The SMILES string of the molecule is CC1(C(Cc2cc(Br)cs2)NN)CC1. The molecule has 3 N–H and O–H groups in total. The summed E-state index contributed by atoms with van der Waals surface area (Å²) in [5.74, 6) is 5.60. The summed E-state index contributed by atoms with van der Waals surface area (Å²) in [6, 6.07) is 2.61. The minimum Gasteiger partial charge on any atom is -0.271 e. The Kier molecular flexibility index (Phi) is 2.98. The summed E-state index contributed by atoms with van der Waals surface area (Å²) in [7, 11) is 0. The van der Waals surface area contributed by atoms with E-state index in [-0.39, 0.29) is 0 Å². The lowest BCUT2D eigenvalue weighted by molar-refractivity contribution is 0.361. The van der Waals surface area contributed by atoms with Crippen LogP contribution < -0.4 is 11.3 Å². The molecule has 1 aliphatic rings. The van der Waals surface area contributed by atoms with Crippen molar-refractivity contribution < 1.29 is 0 Å². The molecule has 0 bridgehead atoms. The van der Waals surface area contributed by atoms with Crippen LogP contribution in [0.1, 0.15) is 24.6 Å². The lowest BCUT2D eigenvalue weighted by Crippen LogP contribution is -2.42. The van der Waals surface area contributed by atoms with Gasteiger partial charge in [0.1, 0.15) is 0 Å². The number of hydrogen-bond donors (Lipinski definition) is 2. The molecule has 14 heavy (non-hydrogen) atoms. The van der Waals surface area contributed by atoms with Crippen LogP contribution in [-0.4, -0.2) is 6.04 Å². The van der Waals surface area contributed by atoms with E-state index in [2.05, 4.69) is 39.7 Å². The third-order valence-corrected chi connectivity index (χ3v) is 4.83. The lowest BCUT2D eigenvalue weighted by atomic mass is 9.96. The van der Waals surface area contributed by atoms with Gasteiger partial charge in [-0.3, -0.25) is 11.3 Å². The molecule has 2 rings (SSSR count). The molecule has 0 saturated heterocycles. The van der Waals surface area contributed by atoms with E-state index in [1.54, 1.807) is 11.3 Å². The number of rotatable bonds is 4. The van der Waals surface area contributed by atoms with Crippen molar-refractivity contribution in [1.29, 1.82) is 0 Å². The minimum atomic E-state index is 0.424. The van der Waals surface area contributed by atoms with Crippen LogP contribution >= 0.6 is 27.3 Å². The number of hydrogen-bond acceptors (Lipinski definition) is 3. The zero-order chi connectivity index (χ0) is 10.2. The summed E-state index contributed by atoms with van der Waals surface area (Å²) in [5.41, 5.74) is 3.39. The normalized spacial score (nSPS) is 20.8. The fourth-order valence-electron chi connectivity index (χ4n) is 1.71. The molecule has 1 heterocycles. The standard InChI is InChI=1S/C10H15BrN2S/c1-10(2-3-10)9(13-12)5-8-4-7(11)6-14-8/h4,6,9,13H,2-3,5,12H2,1H3. The monoisotopic (exact) mass is 274 g/mol. The molecule has 78 valence electrons. The summed E-state index contributed by atoms with van der Waals surface area (Å²) in [6.07, 6.45) is 3.64. The quantitative estimate of drug-likeness (QED) is 0.655. The molecule has 1 aromatic heterocycles. The lowest BCUT2D eigenvalue weighted by Gasteiger charge is -2.21. The maximum absolute atomic E-state index is 5.60. The maximum atomic E-state index is 5.60. The molecule has 1 aromatic rings. The first kappa shape index (κ1) is 10.6. The highest BCUT2D eigenvalue weighted by molar-refractivity contribution is 9.10. The summed E-state index contributed by atoms with van der Waals surface area (Å²) in [4.78, 5) is 1.40. The van der Waals surface area contributed by atoms with E-state index in [1.165, 1.54) is 22.2 Å². The molecule has 1 fully saturated rings. The van der Waals surface area contributed by atoms with Gasteiger partial charge in [0.15, 0.2) is 0 Å². The molecule has 1 aliphatic carbocycles. The topological polar surface area (TPSA) is 38.0 Å². The molecule has 1 unspecified atom stereocenters. The van der Waals surface area contributed by atoms with Gasteiger partial charge in [-0.2, -0.15) is 0 Å². The van der Waals surface area contributed by atoms with Gasteiger partial charge in [-0.1, -0.05) is 6.92 Å². The van der Waals surface area contributed by atoms with Crippen molar-refractivity contribution in [2.45, 2.75) is 32.2 Å². The Morgan fingerprint density at radius 3 is 2.86 bits per heavy atom. The zero-order valence-corrected chi connectivity index (χ0v) is 10.6. The van der Waals surface area contributed by atoms with E-state index in [0.717, 1.165) is 6.42 Å². The smallest absolute Gasteiger partial charge is 0.0312 e. The highest BCUT2D eigenvalue weighted by atomic mass is 79.9. The largest absolute Gasteiger partial charge is 0.271 e. The van der Waals surface area contributed by atoms with Gasteiger partial charge in [0, 0.05) is 20.8 Å². The van der Waals surface area contributed by atoms with Gasteiger partial charge in [-0.05, 0) is 46.7 Å². The number of nitrogens with one attached hydrogen (secondary N) is 1. The third-order valence-electron chi connectivity index (χ3n) is 3.11. The first-order valence-corrected chi connectivity index (χ1v) is 6.50. The third kappa shape index (κ3) is 2.19. The van der Waals surface area contributed by atoms with Crippen LogP contribution in [0.4, 0.5) is 0 Å². The molecule has 1 saturated carbocycles. The van der Waals surface area contributed by atoms with Crippen molar-refractivity contribution in [2.75, 3.05) is 0 Å². The highest BCUT2D eigenvalue weighted by Crippen LogP contribution is 2.48. The van der Waals surface area contributed by atoms with Gasteiger partial charge in [-0.25, -0.2) is 0 Å².